The Morgan fingerprint density at radius 2 is 1.62 bits per heavy atom. The third-order valence-corrected chi connectivity index (χ3v) is 9.53. The molecule has 0 aliphatic carbocycles. The zero-order chi connectivity index (χ0) is 32.9. The molecule has 4 aromatic rings. The highest BCUT2D eigenvalue weighted by atomic mass is 16.7. The molecule has 8 rings (SSSR count). The molecule has 0 unspecified atom stereocenters. The van der Waals surface area contributed by atoms with Gasteiger partial charge in [-0.25, -0.2) is 9.59 Å². The zero-order valence-electron chi connectivity index (χ0n) is 26.8. The molecule has 4 aliphatic rings. The molecule has 248 valence electrons. The van der Waals surface area contributed by atoms with Crippen molar-refractivity contribution in [2.24, 2.45) is 5.92 Å². The van der Waals surface area contributed by atoms with Gasteiger partial charge < -0.3 is 29.4 Å². The molecule has 2 N–H and O–H groups in total. The highest BCUT2D eigenvalue weighted by Crippen LogP contribution is 2.31. The van der Waals surface area contributed by atoms with Crippen molar-refractivity contribution < 1.29 is 33.6 Å². The molecule has 4 aliphatic heterocycles. The standard InChI is InChI=1S/C39H40N2O7/c42-37(43)30-12-13-32(33(22-30)21-26-6-4-10-31(20-26)38-45-18-19-46-38)25-47-34-11-5-9-29(23-34)36(28-7-2-1-3-8-28)40-39(44)48-35-24-41-16-14-27(35)15-17-41/h1-13,20,22-23,27,35-36,38H,14-19,21,24-25H2,(H,40,44)(H,42,43)/t35-,36-/m0/s1. The molecule has 9 nitrogen and oxygen atoms in total. The maximum absolute atomic E-state index is 13.3. The van der Waals surface area contributed by atoms with Crippen LogP contribution in [0.15, 0.2) is 97.1 Å². The Hall–Kier alpha value is -4.70. The molecule has 0 aromatic heterocycles. The highest BCUT2D eigenvalue weighted by Gasteiger charge is 2.37. The second kappa shape index (κ2) is 14.6. The minimum atomic E-state index is -0.982. The number of hydrogen-bond acceptors (Lipinski definition) is 7. The lowest BCUT2D eigenvalue weighted by atomic mass is 9.86. The van der Waals surface area contributed by atoms with Crippen molar-refractivity contribution in [3.05, 3.63) is 136 Å². The third kappa shape index (κ3) is 7.54. The topological polar surface area (TPSA) is 107 Å². The van der Waals surface area contributed by atoms with E-state index in [4.69, 9.17) is 18.9 Å². The van der Waals surface area contributed by atoms with Crippen LogP contribution in [0.4, 0.5) is 4.79 Å². The number of benzene rings is 4. The number of carboxylic acids is 1. The van der Waals surface area contributed by atoms with Crippen molar-refractivity contribution in [1.82, 2.24) is 10.2 Å². The van der Waals surface area contributed by atoms with E-state index in [1.54, 1.807) is 12.1 Å². The highest BCUT2D eigenvalue weighted by molar-refractivity contribution is 5.88. The summed E-state index contributed by atoms with van der Waals surface area (Å²) in [6.45, 7) is 4.30. The first-order valence-corrected chi connectivity index (χ1v) is 16.6. The maximum atomic E-state index is 13.3. The van der Waals surface area contributed by atoms with E-state index in [0.29, 0.717) is 31.3 Å². The summed E-state index contributed by atoms with van der Waals surface area (Å²) in [5, 5.41) is 12.8. The van der Waals surface area contributed by atoms with Gasteiger partial charge in [0.25, 0.3) is 0 Å². The second-order valence-electron chi connectivity index (χ2n) is 12.7. The third-order valence-electron chi connectivity index (χ3n) is 9.53. The van der Waals surface area contributed by atoms with Crippen LogP contribution in [0.25, 0.3) is 0 Å². The number of hydrogen-bond donors (Lipinski definition) is 2. The first kappa shape index (κ1) is 31.9. The van der Waals surface area contributed by atoms with Crippen molar-refractivity contribution in [2.45, 2.75) is 44.3 Å². The summed E-state index contributed by atoms with van der Waals surface area (Å²) in [6.07, 6.45) is 1.75. The first-order chi connectivity index (χ1) is 23.5. The molecule has 9 heteroatoms. The molecular weight excluding hydrogens is 608 g/mol. The van der Waals surface area contributed by atoms with Gasteiger partial charge in [0.2, 0.25) is 0 Å². The molecule has 2 bridgehead atoms. The molecule has 0 spiro atoms. The number of alkyl carbamates (subject to hydrolysis) is 1. The number of amides is 1. The van der Waals surface area contributed by atoms with E-state index in [9.17, 15) is 14.7 Å². The van der Waals surface area contributed by atoms with Gasteiger partial charge in [0.1, 0.15) is 18.5 Å². The van der Waals surface area contributed by atoms with Gasteiger partial charge in [0.15, 0.2) is 6.29 Å². The van der Waals surface area contributed by atoms with Crippen LogP contribution < -0.4 is 10.1 Å². The molecule has 1 amide bonds. The van der Waals surface area contributed by atoms with Crippen molar-refractivity contribution in [3.8, 4) is 5.75 Å². The van der Waals surface area contributed by atoms with E-state index >= 15 is 0 Å². The maximum Gasteiger partial charge on any atom is 0.408 e. The lowest BCUT2D eigenvalue weighted by Gasteiger charge is -2.43. The van der Waals surface area contributed by atoms with Crippen molar-refractivity contribution in [1.29, 1.82) is 0 Å². The number of aromatic carboxylic acids is 1. The number of nitrogens with zero attached hydrogens (tertiary/aromatic N) is 1. The average Bonchev–Trinajstić information content (AvgIpc) is 3.67. The van der Waals surface area contributed by atoms with Gasteiger partial charge in [-0.1, -0.05) is 72.8 Å². The molecule has 4 saturated heterocycles. The van der Waals surface area contributed by atoms with Crippen LogP contribution in [0, 0.1) is 5.92 Å². The van der Waals surface area contributed by atoms with E-state index in [1.807, 2.05) is 84.9 Å². The number of carbonyl (C=O) groups excluding carboxylic acids is 1. The van der Waals surface area contributed by atoms with Crippen molar-refractivity contribution in [3.63, 3.8) is 0 Å². The minimum Gasteiger partial charge on any atom is -0.489 e. The van der Waals surface area contributed by atoms with Crippen LogP contribution in [0.1, 0.15) is 68.9 Å². The van der Waals surface area contributed by atoms with Crippen molar-refractivity contribution in [2.75, 3.05) is 32.8 Å². The Morgan fingerprint density at radius 3 is 2.38 bits per heavy atom. The first-order valence-electron chi connectivity index (χ1n) is 16.6. The number of piperidine rings is 3. The fraction of sp³-hybridized carbons (Fsp3) is 0.333. The molecule has 4 heterocycles. The van der Waals surface area contributed by atoms with Crippen LogP contribution >= 0.6 is 0 Å². The lowest BCUT2D eigenvalue weighted by molar-refractivity contribution is -0.0441. The van der Waals surface area contributed by atoms with Gasteiger partial charge >= 0.3 is 12.1 Å². The average molecular weight is 649 g/mol. The molecule has 48 heavy (non-hydrogen) atoms. The van der Waals surface area contributed by atoms with Crippen LogP contribution in [-0.4, -0.2) is 61.0 Å². The fourth-order valence-corrected chi connectivity index (χ4v) is 6.97. The number of fused-ring (bicyclic) bond motifs is 3. The van der Waals surface area contributed by atoms with E-state index in [-0.39, 0.29) is 24.6 Å². The predicted molar refractivity (Wildman–Crippen MR) is 179 cm³/mol. The number of rotatable bonds is 11. The number of ether oxygens (including phenoxy) is 4. The van der Waals surface area contributed by atoms with Crippen LogP contribution in [0.5, 0.6) is 5.75 Å². The molecular formula is C39H40N2O7. The van der Waals surface area contributed by atoms with Crippen LogP contribution in [0.2, 0.25) is 0 Å². The molecule has 0 radical (unpaired) electrons. The molecule has 4 aromatic carbocycles. The predicted octanol–water partition coefficient (Wildman–Crippen LogP) is 6.51. The van der Waals surface area contributed by atoms with E-state index in [1.165, 1.54) is 0 Å². The summed E-state index contributed by atoms with van der Waals surface area (Å²) in [6, 6.07) is 30.2. The largest absolute Gasteiger partial charge is 0.489 e. The number of nitrogens with one attached hydrogen (secondary N) is 1. The van der Waals surface area contributed by atoms with Gasteiger partial charge in [-0.3, -0.25) is 4.90 Å². The Balaban J connectivity index is 1.08. The summed E-state index contributed by atoms with van der Waals surface area (Å²) >= 11 is 0. The Morgan fingerprint density at radius 1 is 0.854 bits per heavy atom. The monoisotopic (exact) mass is 648 g/mol. The Kier molecular flexibility index (Phi) is 9.70. The summed E-state index contributed by atoms with van der Waals surface area (Å²) in [5.41, 5.74) is 5.69. The van der Waals surface area contributed by atoms with Gasteiger partial charge in [0.05, 0.1) is 24.8 Å². The SMILES string of the molecule is O=C(N[C@@H](c1ccccc1)c1cccc(OCc2ccc(C(=O)O)cc2Cc2cccc(C3OCCO3)c2)c1)O[C@H]1CN2CCC1CC2. The van der Waals surface area contributed by atoms with Crippen molar-refractivity contribution >= 4 is 12.1 Å². The second-order valence-corrected chi connectivity index (χ2v) is 12.7. The molecule has 0 saturated carbocycles. The van der Waals surface area contributed by atoms with Gasteiger partial charge in [-0.05, 0) is 90.4 Å². The quantitative estimate of drug-likeness (QED) is 0.190. The zero-order valence-corrected chi connectivity index (χ0v) is 26.8. The summed E-state index contributed by atoms with van der Waals surface area (Å²) < 4.78 is 23.7. The Labute approximate surface area is 280 Å². The lowest BCUT2D eigenvalue weighted by Crippen LogP contribution is -2.52. The van der Waals surface area contributed by atoms with E-state index < -0.39 is 18.1 Å². The Bertz CT molecular complexity index is 1730. The number of carbonyl (C=O) groups is 2. The van der Waals surface area contributed by atoms with Gasteiger partial charge in [-0.2, -0.15) is 0 Å². The summed E-state index contributed by atoms with van der Waals surface area (Å²) in [5.74, 6) is 0.0672. The van der Waals surface area contributed by atoms with Gasteiger partial charge in [-0.15, -0.1) is 0 Å². The summed E-state index contributed by atoms with van der Waals surface area (Å²) in [4.78, 5) is 27.5. The normalized spacial score (nSPS) is 21.0. The van der Waals surface area contributed by atoms with E-state index in [0.717, 1.165) is 65.9 Å². The smallest absolute Gasteiger partial charge is 0.408 e. The van der Waals surface area contributed by atoms with Gasteiger partial charge in [0, 0.05) is 12.1 Å². The number of carboxylic acid groups (broad SMARTS) is 1. The fourth-order valence-electron chi connectivity index (χ4n) is 6.97. The minimum absolute atomic E-state index is 0.0906. The summed E-state index contributed by atoms with van der Waals surface area (Å²) in [7, 11) is 0. The van der Waals surface area contributed by atoms with E-state index in [2.05, 4.69) is 10.2 Å². The molecule has 4 fully saturated rings. The molecule has 2 atom stereocenters. The van der Waals surface area contributed by atoms with Crippen LogP contribution in [-0.2, 0) is 27.2 Å². The van der Waals surface area contributed by atoms with Crippen LogP contribution in [0.3, 0.4) is 0 Å².